The molecule has 0 saturated carbocycles. The molecule has 0 atom stereocenters. The van der Waals surface area contributed by atoms with E-state index in [0.29, 0.717) is 5.82 Å². The summed E-state index contributed by atoms with van der Waals surface area (Å²) in [6, 6.07) is 49.3. The summed E-state index contributed by atoms with van der Waals surface area (Å²) in [6.07, 6.45) is 1.86. The summed E-state index contributed by atoms with van der Waals surface area (Å²) in [4.78, 5) is 9.73. The highest BCUT2D eigenvalue weighted by Crippen LogP contribution is 2.41. The maximum atomic E-state index is 5.10. The molecule has 0 N–H and O–H groups in total. The molecule has 0 bridgehead atoms. The molecule has 0 unspecified atom stereocenters. The second-order valence-corrected chi connectivity index (χ2v) is 10.7. The molecule has 0 amide bonds. The van der Waals surface area contributed by atoms with E-state index in [1.165, 1.54) is 43.4 Å². The average Bonchev–Trinajstić information content (AvgIpc) is 3.59. The Kier molecular flexibility index (Phi) is 4.87. The molecule has 4 nitrogen and oxygen atoms in total. The summed E-state index contributed by atoms with van der Waals surface area (Å²) >= 11 is 0. The second-order valence-electron chi connectivity index (χ2n) is 10.7. The number of para-hydroxylation sites is 3. The van der Waals surface area contributed by atoms with Gasteiger partial charge in [-0.1, -0.05) is 109 Å². The van der Waals surface area contributed by atoms with E-state index in [9.17, 15) is 0 Å². The molecule has 0 fully saturated rings. The van der Waals surface area contributed by atoms with Gasteiger partial charge < -0.3 is 4.57 Å². The predicted octanol–water partition coefficient (Wildman–Crippen LogP) is 9.49. The fourth-order valence-electron chi connectivity index (χ4n) is 6.61. The van der Waals surface area contributed by atoms with E-state index >= 15 is 0 Å². The molecule has 9 rings (SSSR count). The summed E-state index contributed by atoms with van der Waals surface area (Å²) in [5.41, 5.74) is 6.85. The van der Waals surface area contributed by atoms with Crippen molar-refractivity contribution in [3.8, 4) is 22.9 Å². The molecule has 0 aliphatic rings. The van der Waals surface area contributed by atoms with Gasteiger partial charge in [0, 0.05) is 49.8 Å². The van der Waals surface area contributed by atoms with Crippen LogP contribution in [0.25, 0.3) is 77.3 Å². The number of hydrogen-bond donors (Lipinski definition) is 0. The van der Waals surface area contributed by atoms with Crippen LogP contribution >= 0.6 is 0 Å². The van der Waals surface area contributed by atoms with E-state index < -0.39 is 0 Å². The Balaban J connectivity index is 1.44. The summed E-state index contributed by atoms with van der Waals surface area (Å²) in [5.74, 6) is 1.57. The fraction of sp³-hybridized carbons (Fsp3) is 0. The molecule has 0 radical (unpaired) electrons. The molecule has 3 heterocycles. The number of rotatable bonds is 3. The summed E-state index contributed by atoms with van der Waals surface area (Å²) in [6.45, 7) is 0. The molecule has 9 aromatic rings. The minimum Gasteiger partial charge on any atom is -0.309 e. The van der Waals surface area contributed by atoms with Crippen LogP contribution in [0.3, 0.4) is 0 Å². The Morgan fingerprint density at radius 1 is 0.405 bits per heavy atom. The van der Waals surface area contributed by atoms with Gasteiger partial charge in [-0.15, -0.1) is 0 Å². The van der Waals surface area contributed by atoms with Crippen LogP contribution in [0.2, 0.25) is 0 Å². The van der Waals surface area contributed by atoms with Gasteiger partial charge in [0.1, 0.15) is 5.82 Å². The van der Waals surface area contributed by atoms with Crippen molar-refractivity contribution in [1.29, 1.82) is 0 Å². The molecule has 6 aromatic carbocycles. The highest BCUT2D eigenvalue weighted by Gasteiger charge is 2.20. The monoisotopic (exact) mass is 536 g/mol. The lowest BCUT2D eigenvalue weighted by Crippen LogP contribution is -2.00. The summed E-state index contributed by atoms with van der Waals surface area (Å²) < 4.78 is 4.71. The first-order valence-electron chi connectivity index (χ1n) is 14.2. The fourth-order valence-corrected chi connectivity index (χ4v) is 6.61. The van der Waals surface area contributed by atoms with Crippen LogP contribution in [-0.4, -0.2) is 19.1 Å². The Hall–Kier alpha value is -5.74. The Bertz CT molecular complexity index is 2450. The van der Waals surface area contributed by atoms with Gasteiger partial charge in [-0.2, -0.15) is 0 Å². The second kappa shape index (κ2) is 8.88. The molecule has 0 spiro atoms. The third-order valence-electron chi connectivity index (χ3n) is 8.38. The van der Waals surface area contributed by atoms with Crippen molar-refractivity contribution in [1.82, 2.24) is 19.1 Å². The highest BCUT2D eigenvalue weighted by atomic mass is 15.1. The maximum Gasteiger partial charge on any atom is 0.161 e. The van der Waals surface area contributed by atoms with Crippen molar-refractivity contribution in [2.75, 3.05) is 0 Å². The number of hydrogen-bond acceptors (Lipinski definition) is 2. The number of fused-ring (bicyclic) bond motifs is 9. The SMILES string of the molecule is c1ccc(-c2nccc(-n3c4ccccc4c4ccc5c(ccc6c7ccccc7n(-c7ccccc7)c65)c43)n2)cc1. The first kappa shape index (κ1) is 23.0. The van der Waals surface area contributed by atoms with E-state index in [2.05, 4.69) is 129 Å². The Labute approximate surface area is 241 Å². The van der Waals surface area contributed by atoms with Crippen LogP contribution in [0, 0.1) is 0 Å². The Morgan fingerprint density at radius 2 is 0.905 bits per heavy atom. The van der Waals surface area contributed by atoms with Crippen molar-refractivity contribution in [2.24, 2.45) is 0 Å². The topological polar surface area (TPSA) is 35.6 Å². The van der Waals surface area contributed by atoms with E-state index in [-0.39, 0.29) is 0 Å². The van der Waals surface area contributed by atoms with Gasteiger partial charge in [0.05, 0.1) is 22.1 Å². The quantitative estimate of drug-likeness (QED) is 0.225. The molecule has 196 valence electrons. The molecular weight excluding hydrogens is 512 g/mol. The number of aromatic nitrogens is 4. The van der Waals surface area contributed by atoms with Crippen LogP contribution in [0.15, 0.2) is 146 Å². The molecular formula is C38H24N4. The van der Waals surface area contributed by atoms with Crippen molar-refractivity contribution < 1.29 is 0 Å². The Morgan fingerprint density at radius 3 is 1.55 bits per heavy atom. The van der Waals surface area contributed by atoms with Crippen LogP contribution in [0.1, 0.15) is 0 Å². The number of benzene rings is 6. The average molecular weight is 537 g/mol. The normalized spacial score (nSPS) is 11.8. The first-order chi connectivity index (χ1) is 20.9. The van der Waals surface area contributed by atoms with Crippen LogP contribution in [0.4, 0.5) is 0 Å². The number of nitrogens with zero attached hydrogens (tertiary/aromatic N) is 4. The molecule has 0 aliphatic heterocycles. The lowest BCUT2D eigenvalue weighted by atomic mass is 10.0. The van der Waals surface area contributed by atoms with Gasteiger partial charge in [-0.25, -0.2) is 9.97 Å². The van der Waals surface area contributed by atoms with Gasteiger partial charge in [-0.3, -0.25) is 4.57 Å². The molecule has 42 heavy (non-hydrogen) atoms. The smallest absolute Gasteiger partial charge is 0.161 e. The lowest BCUT2D eigenvalue weighted by molar-refractivity contribution is 1.05. The summed E-state index contributed by atoms with van der Waals surface area (Å²) in [7, 11) is 0. The van der Waals surface area contributed by atoms with Gasteiger partial charge in [0.2, 0.25) is 0 Å². The minimum atomic E-state index is 0.714. The molecule has 0 saturated heterocycles. The predicted molar refractivity (Wildman–Crippen MR) is 174 cm³/mol. The van der Waals surface area contributed by atoms with Gasteiger partial charge in [-0.05, 0) is 30.3 Å². The van der Waals surface area contributed by atoms with Crippen molar-refractivity contribution in [3.05, 3.63) is 146 Å². The largest absolute Gasteiger partial charge is 0.309 e. The van der Waals surface area contributed by atoms with Crippen LogP contribution < -0.4 is 0 Å². The zero-order chi connectivity index (χ0) is 27.6. The molecule has 0 aliphatic carbocycles. The summed E-state index contributed by atoms with van der Waals surface area (Å²) in [5, 5.41) is 7.31. The maximum absolute atomic E-state index is 5.10. The minimum absolute atomic E-state index is 0.714. The first-order valence-corrected chi connectivity index (χ1v) is 14.2. The van der Waals surface area contributed by atoms with Gasteiger partial charge in [0.25, 0.3) is 0 Å². The van der Waals surface area contributed by atoms with Crippen LogP contribution in [0.5, 0.6) is 0 Å². The van der Waals surface area contributed by atoms with Crippen molar-refractivity contribution >= 4 is 54.4 Å². The highest BCUT2D eigenvalue weighted by molar-refractivity contribution is 6.26. The zero-order valence-electron chi connectivity index (χ0n) is 22.6. The molecule has 3 aromatic heterocycles. The van der Waals surface area contributed by atoms with Crippen molar-refractivity contribution in [2.45, 2.75) is 0 Å². The van der Waals surface area contributed by atoms with Gasteiger partial charge in [0.15, 0.2) is 5.82 Å². The standard InChI is InChI=1S/C38H24N4/c1-3-11-25(12-4-1)38-39-24-23-35(40-38)42-34-18-10-8-16-28(34)30-20-21-31-32(37(30)42)22-19-29-27-15-7-9-17-33(27)41(36(29)31)26-13-5-2-6-14-26/h1-24H. The third kappa shape index (κ3) is 3.23. The molecule has 4 heteroatoms. The van der Waals surface area contributed by atoms with E-state index in [4.69, 9.17) is 4.98 Å². The van der Waals surface area contributed by atoms with E-state index in [1.54, 1.807) is 0 Å². The zero-order valence-corrected chi connectivity index (χ0v) is 22.6. The third-order valence-corrected chi connectivity index (χ3v) is 8.38. The van der Waals surface area contributed by atoms with E-state index in [1.807, 2.05) is 30.5 Å². The van der Waals surface area contributed by atoms with E-state index in [0.717, 1.165) is 28.1 Å². The lowest BCUT2D eigenvalue weighted by Gasteiger charge is -2.12. The van der Waals surface area contributed by atoms with Crippen LogP contribution in [-0.2, 0) is 0 Å². The van der Waals surface area contributed by atoms with Gasteiger partial charge >= 0.3 is 0 Å². The van der Waals surface area contributed by atoms with Crippen molar-refractivity contribution in [3.63, 3.8) is 0 Å².